The molecule has 3 heterocycles. The van der Waals surface area contributed by atoms with Crippen molar-refractivity contribution in [3.05, 3.63) is 52.8 Å². The lowest BCUT2D eigenvalue weighted by atomic mass is 9.96. The minimum atomic E-state index is -0.0691. The normalized spacial score (nSPS) is 24.4. The lowest BCUT2D eigenvalue weighted by molar-refractivity contribution is 0.317. The number of hydrogen-bond donors (Lipinski definition) is 0. The van der Waals surface area contributed by atoms with E-state index in [2.05, 4.69) is 16.8 Å². The Morgan fingerprint density at radius 2 is 2.08 bits per heavy atom. The molecule has 7 heteroatoms. The highest BCUT2D eigenvalue weighted by molar-refractivity contribution is 8.14. The molecule has 2 aromatic rings. The van der Waals surface area contributed by atoms with Gasteiger partial charge in [0.25, 0.3) is 0 Å². The van der Waals surface area contributed by atoms with E-state index >= 15 is 0 Å². The number of amidine groups is 1. The van der Waals surface area contributed by atoms with Gasteiger partial charge in [0.05, 0.1) is 31.0 Å². The molecule has 3 atom stereocenters. The summed E-state index contributed by atoms with van der Waals surface area (Å²) in [6.07, 6.45) is 1.81. The number of halogens is 1. The van der Waals surface area contributed by atoms with Gasteiger partial charge in [-0.05, 0) is 29.8 Å². The van der Waals surface area contributed by atoms with Crippen molar-refractivity contribution in [3.63, 3.8) is 0 Å². The number of rotatable bonds is 4. The molecule has 0 bridgehead atoms. The number of aliphatic imine (C=N–C) groups is 1. The van der Waals surface area contributed by atoms with Crippen LogP contribution in [-0.2, 0) is 0 Å². The maximum atomic E-state index is 6.48. The number of nitrogens with zero attached hydrogens (tertiary/aromatic N) is 3. The van der Waals surface area contributed by atoms with Crippen LogP contribution in [0.4, 0.5) is 0 Å². The van der Waals surface area contributed by atoms with Crippen LogP contribution in [-0.4, -0.2) is 41.1 Å². The summed E-state index contributed by atoms with van der Waals surface area (Å²) < 4.78 is 10.9. The number of benzene rings is 1. The van der Waals surface area contributed by atoms with Crippen LogP contribution in [0.1, 0.15) is 30.3 Å². The Labute approximate surface area is 162 Å². The zero-order valence-corrected chi connectivity index (χ0v) is 16.4. The molecule has 2 aliphatic heterocycles. The molecule has 0 radical (unpaired) electrons. The van der Waals surface area contributed by atoms with Gasteiger partial charge in [-0.15, -0.1) is 0 Å². The van der Waals surface area contributed by atoms with Crippen LogP contribution < -0.4 is 9.47 Å². The van der Waals surface area contributed by atoms with E-state index in [9.17, 15) is 0 Å². The second kappa shape index (κ2) is 7.00. The smallest absolute Gasteiger partial charge is 0.179 e. The van der Waals surface area contributed by atoms with E-state index in [0.717, 1.165) is 23.0 Å². The first kappa shape index (κ1) is 17.5. The number of pyridine rings is 1. The van der Waals surface area contributed by atoms with Crippen molar-refractivity contribution in [1.29, 1.82) is 0 Å². The second-order valence-electron chi connectivity index (χ2n) is 6.38. The van der Waals surface area contributed by atoms with E-state index in [0.29, 0.717) is 21.8 Å². The Bertz CT molecular complexity index is 846. The van der Waals surface area contributed by atoms with E-state index < -0.39 is 0 Å². The average Bonchev–Trinajstić information content (AvgIpc) is 3.17. The zero-order chi connectivity index (χ0) is 18.3. The van der Waals surface area contributed by atoms with Crippen molar-refractivity contribution in [3.8, 4) is 11.5 Å². The maximum Gasteiger partial charge on any atom is 0.179 e. The van der Waals surface area contributed by atoms with Gasteiger partial charge >= 0.3 is 0 Å². The fourth-order valence-corrected chi connectivity index (χ4v) is 4.98. The summed E-state index contributed by atoms with van der Waals surface area (Å²) in [4.78, 5) is 11.9. The summed E-state index contributed by atoms with van der Waals surface area (Å²) in [6, 6.07) is 9.87. The number of thioether (sulfide) groups is 1. The van der Waals surface area contributed by atoms with Gasteiger partial charge < -0.3 is 14.4 Å². The average molecular weight is 390 g/mol. The summed E-state index contributed by atoms with van der Waals surface area (Å²) in [5.41, 5.74) is 2.01. The highest BCUT2D eigenvalue weighted by Crippen LogP contribution is 2.49. The van der Waals surface area contributed by atoms with E-state index in [4.69, 9.17) is 26.1 Å². The first-order valence-electron chi connectivity index (χ1n) is 8.45. The Morgan fingerprint density at radius 1 is 1.23 bits per heavy atom. The van der Waals surface area contributed by atoms with E-state index in [1.807, 2.05) is 48.3 Å². The summed E-state index contributed by atoms with van der Waals surface area (Å²) in [5.74, 6) is 1.18. The number of ether oxygens (including phenoxy) is 2. The summed E-state index contributed by atoms with van der Waals surface area (Å²) >= 11 is 8.29. The quantitative estimate of drug-likeness (QED) is 0.778. The van der Waals surface area contributed by atoms with Gasteiger partial charge in [-0.25, -0.2) is 0 Å². The molecule has 0 amide bonds. The molecule has 1 aromatic heterocycles. The fourth-order valence-electron chi connectivity index (χ4n) is 3.59. The van der Waals surface area contributed by atoms with Crippen LogP contribution in [0.2, 0.25) is 5.02 Å². The molecule has 1 fully saturated rings. The molecular weight excluding hydrogens is 370 g/mol. The largest absolute Gasteiger partial charge is 0.493 e. The molecule has 4 rings (SSSR count). The standard InChI is InChI=1S/C19H20ClN3O2S/c1-11-10-23-17(12-8-13(20)18(25-3)15(9-12)24-2)16(22-19(23)26-11)14-6-4-5-7-21-14/h4-9,11,16-17H,10H2,1-3H3/t11-,16+,17-/m0/s1. The van der Waals surface area contributed by atoms with E-state index in [1.165, 1.54) is 0 Å². The summed E-state index contributed by atoms with van der Waals surface area (Å²) in [7, 11) is 3.22. The molecule has 0 unspecified atom stereocenters. The Balaban J connectivity index is 1.81. The SMILES string of the molecule is COc1cc([C@H]2[C@@H](c3ccccn3)N=C3S[C@@H](C)CN32)cc(Cl)c1OC. The molecule has 1 saturated heterocycles. The van der Waals surface area contributed by atoms with Crippen molar-refractivity contribution in [2.24, 2.45) is 4.99 Å². The Hall–Kier alpha value is -1.92. The molecule has 2 aliphatic rings. The minimum absolute atomic E-state index is 0.0367. The van der Waals surface area contributed by atoms with Gasteiger partial charge in [0.1, 0.15) is 6.04 Å². The van der Waals surface area contributed by atoms with E-state index in [-0.39, 0.29) is 12.1 Å². The fraction of sp³-hybridized carbons (Fsp3) is 0.368. The highest BCUT2D eigenvalue weighted by atomic mass is 35.5. The number of fused-ring (bicyclic) bond motifs is 1. The van der Waals surface area contributed by atoms with Gasteiger partial charge in [0.2, 0.25) is 0 Å². The van der Waals surface area contributed by atoms with Crippen LogP contribution in [0.5, 0.6) is 11.5 Å². The van der Waals surface area contributed by atoms with Gasteiger partial charge in [-0.2, -0.15) is 0 Å². The lowest BCUT2D eigenvalue weighted by Gasteiger charge is -2.28. The van der Waals surface area contributed by atoms with Crippen LogP contribution in [0, 0.1) is 0 Å². The molecule has 0 saturated carbocycles. The Kier molecular flexibility index (Phi) is 4.71. The first-order chi connectivity index (χ1) is 12.6. The van der Waals surface area contributed by atoms with Crippen LogP contribution in [0.25, 0.3) is 0 Å². The minimum Gasteiger partial charge on any atom is -0.493 e. The van der Waals surface area contributed by atoms with Crippen molar-refractivity contribution in [2.45, 2.75) is 24.3 Å². The molecule has 26 heavy (non-hydrogen) atoms. The van der Waals surface area contributed by atoms with E-state index in [1.54, 1.807) is 14.2 Å². The van der Waals surface area contributed by atoms with Crippen molar-refractivity contribution >= 4 is 28.5 Å². The molecule has 0 aliphatic carbocycles. The third-order valence-corrected chi connectivity index (χ3v) is 6.06. The van der Waals surface area contributed by atoms with Gasteiger partial charge in [0, 0.05) is 18.0 Å². The summed E-state index contributed by atoms with van der Waals surface area (Å²) in [5, 5.41) is 2.12. The van der Waals surface area contributed by atoms with Crippen molar-refractivity contribution in [2.75, 3.05) is 20.8 Å². The Morgan fingerprint density at radius 3 is 2.77 bits per heavy atom. The monoisotopic (exact) mass is 389 g/mol. The second-order valence-corrected chi connectivity index (χ2v) is 8.19. The molecule has 0 N–H and O–H groups in total. The molecule has 1 aromatic carbocycles. The lowest BCUT2D eigenvalue weighted by Crippen LogP contribution is -2.28. The highest BCUT2D eigenvalue weighted by Gasteiger charge is 2.43. The number of aromatic nitrogens is 1. The molecule has 0 spiro atoms. The predicted octanol–water partition coefficient (Wildman–Crippen LogP) is 4.34. The van der Waals surface area contributed by atoms with Gasteiger partial charge in [-0.1, -0.05) is 36.4 Å². The van der Waals surface area contributed by atoms with Crippen LogP contribution in [0.15, 0.2) is 41.5 Å². The topological polar surface area (TPSA) is 47.0 Å². The summed E-state index contributed by atoms with van der Waals surface area (Å²) in [6.45, 7) is 3.17. The zero-order valence-electron chi connectivity index (χ0n) is 14.8. The number of hydrogen-bond acceptors (Lipinski definition) is 6. The molecule has 136 valence electrons. The maximum absolute atomic E-state index is 6.48. The van der Waals surface area contributed by atoms with Crippen molar-refractivity contribution < 1.29 is 9.47 Å². The third-order valence-electron chi connectivity index (χ3n) is 4.68. The van der Waals surface area contributed by atoms with Crippen LogP contribution in [0.3, 0.4) is 0 Å². The van der Waals surface area contributed by atoms with Crippen LogP contribution >= 0.6 is 23.4 Å². The predicted molar refractivity (Wildman–Crippen MR) is 105 cm³/mol. The first-order valence-corrected chi connectivity index (χ1v) is 9.71. The third kappa shape index (κ3) is 2.91. The number of methoxy groups -OCH3 is 2. The molecule has 5 nitrogen and oxygen atoms in total. The van der Waals surface area contributed by atoms with Gasteiger partial charge in [0.15, 0.2) is 16.7 Å². The van der Waals surface area contributed by atoms with Crippen molar-refractivity contribution in [1.82, 2.24) is 9.88 Å². The molecular formula is C19H20ClN3O2S. The van der Waals surface area contributed by atoms with Gasteiger partial charge in [-0.3, -0.25) is 9.98 Å².